The van der Waals surface area contributed by atoms with E-state index in [1.54, 1.807) is 0 Å². The van der Waals surface area contributed by atoms with Crippen LogP contribution >= 0.6 is 0 Å². The average molecular weight is 611 g/mol. The number of aliphatic hydroxyl groups is 7. The lowest BCUT2D eigenvalue weighted by Crippen LogP contribution is -2.65. The Bertz CT molecular complexity index is 1510. The fourth-order valence-corrected chi connectivity index (χ4v) is 4.90. The monoisotopic (exact) mass is 610 g/mol. The van der Waals surface area contributed by atoms with Crippen molar-refractivity contribution in [3.8, 4) is 34.3 Å². The highest BCUT2D eigenvalue weighted by atomic mass is 16.8. The van der Waals surface area contributed by atoms with Gasteiger partial charge in [-0.1, -0.05) is 0 Å². The van der Waals surface area contributed by atoms with Gasteiger partial charge in [0.25, 0.3) is 0 Å². The molecule has 2 aliphatic heterocycles. The molecular weight excluding hydrogens is 580 g/mol. The van der Waals surface area contributed by atoms with Gasteiger partial charge in [0.05, 0.1) is 13.2 Å². The first-order chi connectivity index (χ1) is 20.4. The maximum Gasteiger partial charge on any atom is 0.229 e. The zero-order chi connectivity index (χ0) is 31.2. The van der Waals surface area contributed by atoms with E-state index in [0.29, 0.717) is 0 Å². The molecule has 0 spiro atoms. The minimum atomic E-state index is -1.88. The van der Waals surface area contributed by atoms with Crippen LogP contribution in [-0.2, 0) is 14.2 Å². The van der Waals surface area contributed by atoms with E-state index in [9.17, 15) is 55.9 Å². The summed E-state index contributed by atoms with van der Waals surface area (Å²) >= 11 is 0. The third kappa shape index (κ3) is 5.85. The van der Waals surface area contributed by atoms with Gasteiger partial charge >= 0.3 is 0 Å². The Morgan fingerprint density at radius 1 is 0.698 bits per heavy atom. The summed E-state index contributed by atoms with van der Waals surface area (Å²) in [6.45, 7) is -1.54. The molecule has 3 aromatic rings. The first kappa shape index (κ1) is 30.9. The van der Waals surface area contributed by atoms with Crippen LogP contribution in [0, 0.1) is 0 Å². The second kappa shape index (κ2) is 12.2. The van der Waals surface area contributed by atoms with Crippen molar-refractivity contribution < 1.29 is 74.4 Å². The number of hydrogen-bond acceptors (Lipinski definition) is 16. The second-order valence-electron chi connectivity index (χ2n) is 10.1. The lowest BCUT2D eigenvalue weighted by molar-refractivity contribution is -0.357. The minimum Gasteiger partial charge on any atom is -0.507 e. The van der Waals surface area contributed by atoms with Gasteiger partial charge in [-0.25, -0.2) is 0 Å². The van der Waals surface area contributed by atoms with Crippen LogP contribution < -0.4 is 10.2 Å². The van der Waals surface area contributed by atoms with Gasteiger partial charge < -0.3 is 74.4 Å². The zero-order valence-electron chi connectivity index (χ0n) is 22.1. The number of aliphatic hydroxyl groups excluding tert-OH is 7. The number of fused-ring (bicyclic) bond motifs is 1. The summed E-state index contributed by atoms with van der Waals surface area (Å²) in [6, 6.07) is 6.97. The lowest BCUT2D eigenvalue weighted by atomic mass is 9.97. The highest BCUT2D eigenvalue weighted by Crippen LogP contribution is 2.36. The molecule has 43 heavy (non-hydrogen) atoms. The van der Waals surface area contributed by atoms with Gasteiger partial charge in [-0.15, -0.1) is 0 Å². The van der Waals surface area contributed by atoms with Crippen LogP contribution in [0.3, 0.4) is 0 Å². The highest BCUT2D eigenvalue weighted by Gasteiger charge is 2.51. The van der Waals surface area contributed by atoms with E-state index < -0.39 is 97.3 Å². The quantitative estimate of drug-likeness (QED) is 0.125. The molecule has 0 bridgehead atoms. The van der Waals surface area contributed by atoms with Crippen molar-refractivity contribution in [3.05, 3.63) is 46.6 Å². The third-order valence-corrected chi connectivity index (χ3v) is 7.26. The molecular formula is C27H30O16. The van der Waals surface area contributed by atoms with Gasteiger partial charge in [0, 0.05) is 23.8 Å². The van der Waals surface area contributed by atoms with Gasteiger partial charge in [-0.2, -0.15) is 0 Å². The molecule has 2 fully saturated rings. The van der Waals surface area contributed by atoms with Crippen molar-refractivity contribution in [1.29, 1.82) is 0 Å². The predicted octanol–water partition coefficient (Wildman–Crippen LogP) is -2.42. The fraction of sp³-hybridized carbons (Fsp3) is 0.444. The summed E-state index contributed by atoms with van der Waals surface area (Å²) in [7, 11) is 0. The van der Waals surface area contributed by atoms with Crippen LogP contribution in [0.15, 0.2) is 45.6 Å². The Labute approximate surface area is 241 Å². The molecule has 3 heterocycles. The summed E-state index contributed by atoms with van der Waals surface area (Å²) in [5.41, 5.74) is -0.636. The molecule has 2 aromatic carbocycles. The van der Waals surface area contributed by atoms with Gasteiger partial charge in [0.2, 0.25) is 6.29 Å². The van der Waals surface area contributed by atoms with Crippen LogP contribution in [0.2, 0.25) is 0 Å². The molecule has 10 N–H and O–H groups in total. The van der Waals surface area contributed by atoms with Crippen molar-refractivity contribution in [1.82, 2.24) is 0 Å². The molecule has 0 unspecified atom stereocenters. The standard InChI is InChI=1S/C27H30O16/c28-7-17-20(34)22(36)24(38)26(41-17)43-25-23(37)21(35)18(8-29)42-27(25)39-10-4-13(32)19-14(33)6-15(40-16(19)5-10)9-1-2-11(30)12(31)3-9/h1-6,17-18,20-32,34-38H,7-8H2/t17-,18+,20-,21+,22-,23-,24-,25+,26-,27+/m0/s1. The molecule has 16 nitrogen and oxygen atoms in total. The largest absolute Gasteiger partial charge is 0.507 e. The maximum atomic E-state index is 12.8. The molecule has 1 aromatic heterocycles. The first-order valence-corrected chi connectivity index (χ1v) is 13.0. The normalized spacial score (nSPS) is 33.0. The van der Waals surface area contributed by atoms with E-state index in [4.69, 9.17) is 23.4 Å². The van der Waals surface area contributed by atoms with Gasteiger partial charge in [-0.05, 0) is 18.2 Å². The lowest BCUT2D eigenvalue weighted by Gasteiger charge is -2.45. The molecule has 10 atom stereocenters. The van der Waals surface area contributed by atoms with Crippen LogP contribution in [-0.4, -0.2) is 126 Å². The minimum absolute atomic E-state index is 0.0408. The maximum absolute atomic E-state index is 12.8. The van der Waals surface area contributed by atoms with Crippen LogP contribution in [0.1, 0.15) is 0 Å². The smallest absolute Gasteiger partial charge is 0.229 e. The third-order valence-electron chi connectivity index (χ3n) is 7.26. The van der Waals surface area contributed by atoms with Crippen molar-refractivity contribution in [2.24, 2.45) is 0 Å². The zero-order valence-corrected chi connectivity index (χ0v) is 22.1. The van der Waals surface area contributed by atoms with Crippen molar-refractivity contribution >= 4 is 11.0 Å². The summed E-state index contributed by atoms with van der Waals surface area (Å²) in [5.74, 6) is -1.71. The molecule has 0 aliphatic carbocycles. The number of benzene rings is 2. The summed E-state index contributed by atoms with van der Waals surface area (Å²) in [5, 5.41) is 101. The molecule has 0 radical (unpaired) electrons. The van der Waals surface area contributed by atoms with Crippen LogP contribution in [0.5, 0.6) is 23.0 Å². The Balaban J connectivity index is 1.48. The Morgan fingerprint density at radius 3 is 2.00 bits per heavy atom. The topological polar surface area (TPSA) is 269 Å². The van der Waals surface area contributed by atoms with E-state index in [2.05, 4.69) is 0 Å². The van der Waals surface area contributed by atoms with E-state index in [0.717, 1.165) is 18.2 Å². The molecule has 2 aliphatic rings. The number of aromatic hydroxyl groups is 3. The number of phenols is 3. The summed E-state index contributed by atoms with van der Waals surface area (Å²) in [6.07, 6.45) is -16.9. The SMILES string of the molecule is O=c1cc(-c2ccc(O)c(O)c2)oc2cc(O[C@@H]3O[C@H](CO)[C@@H](O)[C@H](O)[C@H]3O[C@@H]3O[C@@H](CO)[C@H](O)[C@H](O)[C@@H]3O)cc(O)c12. The fourth-order valence-electron chi connectivity index (χ4n) is 4.90. The van der Waals surface area contributed by atoms with Crippen molar-refractivity contribution in [3.63, 3.8) is 0 Å². The molecule has 16 heteroatoms. The number of phenolic OH excluding ortho intramolecular Hbond substituents is 3. The van der Waals surface area contributed by atoms with Gasteiger partial charge in [0.1, 0.15) is 71.0 Å². The number of hydrogen-bond donors (Lipinski definition) is 10. The first-order valence-electron chi connectivity index (χ1n) is 13.0. The van der Waals surface area contributed by atoms with Gasteiger partial charge in [-0.3, -0.25) is 4.79 Å². The Kier molecular flexibility index (Phi) is 8.77. The second-order valence-corrected chi connectivity index (χ2v) is 10.1. The Morgan fingerprint density at radius 2 is 1.35 bits per heavy atom. The highest BCUT2D eigenvalue weighted by molar-refractivity contribution is 5.86. The van der Waals surface area contributed by atoms with Crippen molar-refractivity contribution in [2.75, 3.05) is 13.2 Å². The molecule has 234 valence electrons. The van der Waals surface area contributed by atoms with Crippen LogP contribution in [0.4, 0.5) is 0 Å². The van der Waals surface area contributed by atoms with Gasteiger partial charge in [0.15, 0.2) is 29.3 Å². The average Bonchev–Trinajstić information content (AvgIpc) is 2.97. The van der Waals surface area contributed by atoms with E-state index in [1.807, 2.05) is 0 Å². The predicted molar refractivity (Wildman–Crippen MR) is 140 cm³/mol. The molecule has 0 saturated carbocycles. The number of rotatable bonds is 7. The molecule has 0 amide bonds. The molecule has 5 rings (SSSR count). The molecule has 2 saturated heterocycles. The van der Waals surface area contributed by atoms with Crippen LogP contribution in [0.25, 0.3) is 22.3 Å². The Hall–Kier alpha value is -3.55. The number of ether oxygens (including phenoxy) is 4. The summed E-state index contributed by atoms with van der Waals surface area (Å²) < 4.78 is 28.1. The van der Waals surface area contributed by atoms with E-state index in [-0.39, 0.29) is 28.0 Å². The van der Waals surface area contributed by atoms with E-state index in [1.165, 1.54) is 18.2 Å². The van der Waals surface area contributed by atoms with Crippen molar-refractivity contribution in [2.45, 2.75) is 61.4 Å². The van der Waals surface area contributed by atoms with E-state index >= 15 is 0 Å². The summed E-state index contributed by atoms with van der Waals surface area (Å²) in [4.78, 5) is 12.8.